The summed E-state index contributed by atoms with van der Waals surface area (Å²) in [4.78, 5) is 16.2. The number of hydrogen-bond acceptors (Lipinski definition) is 5. The minimum Gasteiger partial charge on any atom is -0.494 e. The SMILES string of the molecule is CCCOc1ccc(-c2cc(C(=O)NN=C(C)c3ccncc3)[nH]n2)cc1. The molecule has 0 aliphatic carbocycles. The number of hydrogen-bond donors (Lipinski definition) is 2. The summed E-state index contributed by atoms with van der Waals surface area (Å²) in [6.45, 7) is 4.56. The highest BCUT2D eigenvalue weighted by Gasteiger charge is 2.11. The summed E-state index contributed by atoms with van der Waals surface area (Å²) in [6, 6.07) is 12.9. The summed E-state index contributed by atoms with van der Waals surface area (Å²) in [7, 11) is 0. The summed E-state index contributed by atoms with van der Waals surface area (Å²) in [5, 5.41) is 11.1. The molecule has 3 rings (SSSR count). The van der Waals surface area contributed by atoms with Crippen molar-refractivity contribution in [3.05, 3.63) is 66.1 Å². The van der Waals surface area contributed by atoms with E-state index in [2.05, 4.69) is 32.6 Å². The Morgan fingerprint density at radius 1 is 1.19 bits per heavy atom. The number of nitrogens with one attached hydrogen (secondary N) is 2. The van der Waals surface area contributed by atoms with Gasteiger partial charge in [0.1, 0.15) is 11.4 Å². The number of H-pyrrole nitrogens is 1. The summed E-state index contributed by atoms with van der Waals surface area (Å²) in [6.07, 6.45) is 4.31. The average molecular weight is 363 g/mol. The zero-order valence-electron chi connectivity index (χ0n) is 15.3. The van der Waals surface area contributed by atoms with Gasteiger partial charge >= 0.3 is 0 Å². The van der Waals surface area contributed by atoms with Crippen LogP contribution in [-0.4, -0.2) is 33.4 Å². The van der Waals surface area contributed by atoms with E-state index in [1.165, 1.54) is 0 Å². The van der Waals surface area contributed by atoms with Crippen LogP contribution in [0.5, 0.6) is 5.75 Å². The molecular formula is C20H21N5O2. The molecule has 0 fully saturated rings. The standard InChI is InChI=1S/C20H21N5O2/c1-3-12-27-17-6-4-16(5-7-17)18-13-19(24-23-18)20(26)25-22-14(2)15-8-10-21-11-9-15/h4-11,13H,3,12H2,1-2H3,(H,23,24)(H,25,26). The Kier molecular flexibility index (Phi) is 5.94. The van der Waals surface area contributed by atoms with E-state index in [1.54, 1.807) is 18.5 Å². The van der Waals surface area contributed by atoms with Crippen molar-refractivity contribution in [3.63, 3.8) is 0 Å². The van der Waals surface area contributed by atoms with Gasteiger partial charge in [-0.2, -0.15) is 10.2 Å². The first kappa shape index (κ1) is 18.3. The highest BCUT2D eigenvalue weighted by Crippen LogP contribution is 2.21. The maximum Gasteiger partial charge on any atom is 0.289 e. The van der Waals surface area contributed by atoms with Crippen LogP contribution >= 0.6 is 0 Å². The van der Waals surface area contributed by atoms with Crippen LogP contribution in [0, 0.1) is 0 Å². The number of nitrogens with zero attached hydrogens (tertiary/aromatic N) is 3. The molecule has 2 aromatic heterocycles. The fourth-order valence-electron chi connectivity index (χ4n) is 2.38. The van der Waals surface area contributed by atoms with E-state index in [1.807, 2.05) is 43.3 Å². The lowest BCUT2D eigenvalue weighted by molar-refractivity contribution is 0.0950. The predicted octanol–water partition coefficient (Wildman–Crippen LogP) is 3.41. The van der Waals surface area contributed by atoms with Gasteiger partial charge in [0, 0.05) is 23.5 Å². The van der Waals surface area contributed by atoms with Gasteiger partial charge < -0.3 is 4.74 Å². The van der Waals surface area contributed by atoms with Gasteiger partial charge in [-0.05, 0) is 55.8 Å². The van der Waals surface area contributed by atoms with Crippen molar-refractivity contribution in [1.82, 2.24) is 20.6 Å². The normalized spacial score (nSPS) is 11.3. The third kappa shape index (κ3) is 4.78. The zero-order chi connectivity index (χ0) is 19.1. The van der Waals surface area contributed by atoms with Crippen LogP contribution in [0.25, 0.3) is 11.3 Å². The number of amides is 1. The molecule has 0 spiro atoms. The Morgan fingerprint density at radius 2 is 1.93 bits per heavy atom. The van der Waals surface area contributed by atoms with E-state index in [0.717, 1.165) is 23.3 Å². The van der Waals surface area contributed by atoms with E-state index in [4.69, 9.17) is 4.74 Å². The quantitative estimate of drug-likeness (QED) is 0.497. The molecule has 1 aromatic carbocycles. The number of hydrazone groups is 1. The third-order valence-electron chi connectivity index (χ3n) is 3.87. The molecule has 0 saturated carbocycles. The van der Waals surface area contributed by atoms with Gasteiger partial charge in [0.2, 0.25) is 0 Å². The van der Waals surface area contributed by atoms with Gasteiger partial charge in [0.15, 0.2) is 0 Å². The van der Waals surface area contributed by atoms with Crippen molar-refractivity contribution >= 4 is 11.6 Å². The first-order valence-corrected chi connectivity index (χ1v) is 8.71. The summed E-state index contributed by atoms with van der Waals surface area (Å²) < 4.78 is 5.57. The average Bonchev–Trinajstić information content (AvgIpc) is 3.21. The van der Waals surface area contributed by atoms with Crippen molar-refractivity contribution in [2.24, 2.45) is 5.10 Å². The first-order valence-electron chi connectivity index (χ1n) is 8.71. The fourth-order valence-corrected chi connectivity index (χ4v) is 2.38. The summed E-state index contributed by atoms with van der Waals surface area (Å²) >= 11 is 0. The van der Waals surface area contributed by atoms with Gasteiger partial charge in [-0.3, -0.25) is 14.9 Å². The molecule has 0 saturated heterocycles. The molecule has 3 aromatic rings. The molecule has 0 aliphatic rings. The number of rotatable bonds is 7. The van der Waals surface area contributed by atoms with Gasteiger partial charge in [-0.25, -0.2) is 5.43 Å². The number of carbonyl (C=O) groups is 1. The number of aromatic nitrogens is 3. The monoisotopic (exact) mass is 363 g/mol. The fraction of sp³-hybridized carbons (Fsp3) is 0.200. The van der Waals surface area contributed by atoms with Crippen LogP contribution in [0.1, 0.15) is 36.3 Å². The van der Waals surface area contributed by atoms with Crippen LogP contribution in [-0.2, 0) is 0 Å². The first-order chi connectivity index (χ1) is 13.2. The molecule has 7 heteroatoms. The van der Waals surface area contributed by atoms with Gasteiger partial charge in [-0.15, -0.1) is 0 Å². The smallest absolute Gasteiger partial charge is 0.289 e. The highest BCUT2D eigenvalue weighted by atomic mass is 16.5. The number of aromatic amines is 1. The maximum absolute atomic E-state index is 12.3. The van der Waals surface area contributed by atoms with E-state index in [-0.39, 0.29) is 5.91 Å². The van der Waals surface area contributed by atoms with Crippen molar-refractivity contribution in [2.75, 3.05) is 6.61 Å². The van der Waals surface area contributed by atoms with Crippen LogP contribution in [0.4, 0.5) is 0 Å². The van der Waals surface area contributed by atoms with Gasteiger partial charge in [0.25, 0.3) is 5.91 Å². The van der Waals surface area contributed by atoms with E-state index < -0.39 is 0 Å². The summed E-state index contributed by atoms with van der Waals surface area (Å²) in [5.74, 6) is 0.458. The molecule has 0 unspecified atom stereocenters. The molecule has 138 valence electrons. The lowest BCUT2D eigenvalue weighted by Gasteiger charge is -2.04. The zero-order valence-corrected chi connectivity index (χ0v) is 15.3. The van der Waals surface area contributed by atoms with E-state index >= 15 is 0 Å². The molecule has 27 heavy (non-hydrogen) atoms. The maximum atomic E-state index is 12.3. The second kappa shape index (κ2) is 8.75. The van der Waals surface area contributed by atoms with Crippen molar-refractivity contribution in [1.29, 1.82) is 0 Å². The van der Waals surface area contributed by atoms with Crippen molar-refractivity contribution in [3.8, 4) is 17.0 Å². The Balaban J connectivity index is 1.65. The largest absolute Gasteiger partial charge is 0.494 e. The predicted molar refractivity (Wildman–Crippen MR) is 104 cm³/mol. The van der Waals surface area contributed by atoms with E-state index in [0.29, 0.717) is 23.7 Å². The lowest BCUT2D eigenvalue weighted by atomic mass is 10.1. The molecule has 0 aliphatic heterocycles. The molecular weight excluding hydrogens is 342 g/mol. The lowest BCUT2D eigenvalue weighted by Crippen LogP contribution is -2.19. The number of benzene rings is 1. The van der Waals surface area contributed by atoms with E-state index in [9.17, 15) is 4.79 Å². The third-order valence-corrected chi connectivity index (χ3v) is 3.87. The molecule has 2 N–H and O–H groups in total. The van der Waals surface area contributed by atoms with Crippen LogP contribution in [0.2, 0.25) is 0 Å². The number of carbonyl (C=O) groups excluding carboxylic acids is 1. The Morgan fingerprint density at radius 3 is 2.63 bits per heavy atom. The Hall–Kier alpha value is -3.48. The van der Waals surface area contributed by atoms with Crippen molar-refractivity contribution < 1.29 is 9.53 Å². The van der Waals surface area contributed by atoms with Crippen LogP contribution in [0.15, 0.2) is 60.0 Å². The van der Waals surface area contributed by atoms with Gasteiger partial charge in [-0.1, -0.05) is 6.92 Å². The Labute approximate surface area is 157 Å². The van der Waals surface area contributed by atoms with Crippen molar-refractivity contribution in [2.45, 2.75) is 20.3 Å². The molecule has 2 heterocycles. The molecule has 0 radical (unpaired) electrons. The molecule has 7 nitrogen and oxygen atoms in total. The second-order valence-electron chi connectivity index (χ2n) is 5.91. The Bertz CT molecular complexity index is 917. The number of ether oxygens (including phenoxy) is 1. The minimum atomic E-state index is -0.356. The number of pyridine rings is 1. The minimum absolute atomic E-state index is 0.336. The molecule has 1 amide bonds. The topological polar surface area (TPSA) is 92.3 Å². The summed E-state index contributed by atoms with van der Waals surface area (Å²) in [5.41, 5.74) is 6.02. The van der Waals surface area contributed by atoms with Gasteiger partial charge in [0.05, 0.1) is 18.0 Å². The second-order valence-corrected chi connectivity index (χ2v) is 5.91. The van der Waals surface area contributed by atoms with Crippen LogP contribution in [0.3, 0.4) is 0 Å². The molecule has 0 bridgehead atoms. The van der Waals surface area contributed by atoms with Crippen LogP contribution < -0.4 is 10.2 Å². The molecule has 0 atom stereocenters. The highest BCUT2D eigenvalue weighted by molar-refractivity contribution is 6.00.